The number of rotatable bonds is 9. The fourth-order valence-corrected chi connectivity index (χ4v) is 4.24. The molecule has 0 bridgehead atoms. The molecule has 4 rings (SSSR count). The van der Waals surface area contributed by atoms with Gasteiger partial charge in [0.1, 0.15) is 11.5 Å². The minimum absolute atomic E-state index is 0.0758. The second-order valence-corrected chi connectivity index (χ2v) is 8.40. The van der Waals surface area contributed by atoms with Crippen molar-refractivity contribution < 1.29 is 23.5 Å². The molecule has 9 heteroatoms. The van der Waals surface area contributed by atoms with Gasteiger partial charge in [-0.3, -0.25) is 14.2 Å². The van der Waals surface area contributed by atoms with Crippen molar-refractivity contribution in [1.29, 1.82) is 0 Å². The van der Waals surface area contributed by atoms with Gasteiger partial charge >= 0.3 is 5.97 Å². The third-order valence-electron chi connectivity index (χ3n) is 5.07. The average Bonchev–Trinajstić information content (AvgIpc) is 3.36. The number of hydrogen-bond donors (Lipinski definition) is 0. The minimum atomic E-state index is -0.504. The summed E-state index contributed by atoms with van der Waals surface area (Å²) in [6, 6.07) is 15.3. The molecule has 0 atom stereocenters. The first-order chi connectivity index (χ1) is 16.5. The smallest absolute Gasteiger partial charge is 0.337 e. The zero-order valence-electron chi connectivity index (χ0n) is 18.6. The lowest BCUT2D eigenvalue weighted by Gasteiger charge is -2.13. The summed E-state index contributed by atoms with van der Waals surface area (Å²) >= 11 is 1.34. The highest BCUT2D eigenvalue weighted by Crippen LogP contribution is 2.22. The Morgan fingerprint density at radius 1 is 1.12 bits per heavy atom. The molecule has 0 saturated heterocycles. The molecule has 0 radical (unpaired) electrons. The number of ether oxygens (including phenoxy) is 2. The second-order valence-electron chi connectivity index (χ2n) is 7.34. The Morgan fingerprint density at radius 3 is 2.68 bits per heavy atom. The molecule has 0 aliphatic rings. The van der Waals surface area contributed by atoms with Gasteiger partial charge in [-0.25, -0.2) is 9.78 Å². The fourth-order valence-electron chi connectivity index (χ4n) is 3.42. The van der Waals surface area contributed by atoms with Crippen LogP contribution in [0, 0.1) is 0 Å². The van der Waals surface area contributed by atoms with Crippen molar-refractivity contribution in [3.63, 3.8) is 0 Å². The lowest BCUT2D eigenvalue weighted by atomic mass is 10.1. The zero-order chi connectivity index (χ0) is 24.1. The lowest BCUT2D eigenvalue weighted by molar-refractivity contribution is 0.0600. The summed E-state index contributed by atoms with van der Waals surface area (Å²) in [5.41, 5.74) is 0.976. The molecule has 0 aliphatic carbocycles. The van der Waals surface area contributed by atoms with Gasteiger partial charge in [0.2, 0.25) is 0 Å². The average molecular weight is 479 g/mol. The van der Waals surface area contributed by atoms with E-state index in [0.717, 1.165) is 0 Å². The van der Waals surface area contributed by atoms with Crippen LogP contribution >= 0.6 is 11.8 Å². The Bertz CT molecular complexity index is 1390. The SMILES string of the molecule is COC(=O)c1ccc2c(=O)n(Cc3ccco3)c(SCCOc3ccccc3C(C)=O)nc2c1. The maximum Gasteiger partial charge on any atom is 0.337 e. The van der Waals surface area contributed by atoms with Crippen molar-refractivity contribution in [2.75, 3.05) is 19.5 Å². The summed E-state index contributed by atoms with van der Waals surface area (Å²) < 4.78 is 17.6. The van der Waals surface area contributed by atoms with Gasteiger partial charge in [0.25, 0.3) is 5.56 Å². The molecule has 0 N–H and O–H groups in total. The molecule has 0 spiro atoms. The van der Waals surface area contributed by atoms with E-state index < -0.39 is 5.97 Å². The number of thioether (sulfide) groups is 1. The number of furan rings is 1. The van der Waals surface area contributed by atoms with E-state index in [1.165, 1.54) is 30.4 Å². The van der Waals surface area contributed by atoms with E-state index in [0.29, 0.717) is 51.1 Å². The normalized spacial score (nSPS) is 10.9. The fraction of sp³-hybridized carbons (Fsp3) is 0.200. The molecule has 0 unspecified atom stereocenters. The lowest BCUT2D eigenvalue weighted by Crippen LogP contribution is -2.24. The van der Waals surface area contributed by atoms with E-state index in [2.05, 4.69) is 4.98 Å². The van der Waals surface area contributed by atoms with Crippen LogP contribution in [0.1, 0.15) is 33.4 Å². The summed E-state index contributed by atoms with van der Waals surface area (Å²) in [5, 5.41) is 0.842. The van der Waals surface area contributed by atoms with Crippen LogP contribution in [0.25, 0.3) is 10.9 Å². The van der Waals surface area contributed by atoms with E-state index >= 15 is 0 Å². The number of nitrogens with zero attached hydrogens (tertiary/aromatic N) is 2. The van der Waals surface area contributed by atoms with Crippen molar-refractivity contribution in [2.45, 2.75) is 18.6 Å². The van der Waals surface area contributed by atoms with Crippen LogP contribution in [0.4, 0.5) is 0 Å². The topological polar surface area (TPSA) is 101 Å². The predicted molar refractivity (Wildman–Crippen MR) is 128 cm³/mol. The van der Waals surface area contributed by atoms with Crippen LogP contribution in [-0.4, -0.2) is 40.8 Å². The van der Waals surface area contributed by atoms with E-state index in [1.54, 1.807) is 60.9 Å². The predicted octanol–water partition coefficient (Wildman–Crippen LogP) is 4.20. The number of para-hydroxylation sites is 1. The van der Waals surface area contributed by atoms with E-state index in [9.17, 15) is 14.4 Å². The summed E-state index contributed by atoms with van der Waals surface area (Å²) in [5.74, 6) is 1.02. The number of benzene rings is 2. The second kappa shape index (κ2) is 10.4. The molecular formula is C25H22N2O6S. The number of esters is 1. The van der Waals surface area contributed by atoms with Gasteiger partial charge in [0.15, 0.2) is 10.9 Å². The monoisotopic (exact) mass is 478 g/mol. The van der Waals surface area contributed by atoms with Crippen molar-refractivity contribution in [3.8, 4) is 5.75 Å². The van der Waals surface area contributed by atoms with Crippen LogP contribution in [0.3, 0.4) is 0 Å². The molecule has 2 aromatic carbocycles. The van der Waals surface area contributed by atoms with Gasteiger partial charge in [-0.05, 0) is 49.4 Å². The molecule has 34 heavy (non-hydrogen) atoms. The number of methoxy groups -OCH3 is 1. The first-order valence-corrected chi connectivity index (χ1v) is 11.5. The van der Waals surface area contributed by atoms with E-state index in [4.69, 9.17) is 13.9 Å². The number of hydrogen-bond acceptors (Lipinski definition) is 8. The Kier molecular flexibility index (Phi) is 7.12. The number of aromatic nitrogens is 2. The van der Waals surface area contributed by atoms with Crippen molar-refractivity contribution in [3.05, 3.63) is 88.1 Å². The summed E-state index contributed by atoms with van der Waals surface area (Å²) in [6.45, 7) is 2.00. The maximum atomic E-state index is 13.3. The maximum absolute atomic E-state index is 13.3. The summed E-state index contributed by atoms with van der Waals surface area (Å²) in [4.78, 5) is 41.7. The largest absolute Gasteiger partial charge is 0.492 e. The molecule has 0 aliphatic heterocycles. The quantitative estimate of drug-likeness (QED) is 0.116. The van der Waals surface area contributed by atoms with Crippen molar-refractivity contribution in [1.82, 2.24) is 9.55 Å². The van der Waals surface area contributed by atoms with Gasteiger partial charge in [0, 0.05) is 5.75 Å². The van der Waals surface area contributed by atoms with Gasteiger partial charge in [0.05, 0.1) is 48.6 Å². The molecule has 8 nitrogen and oxygen atoms in total. The molecule has 2 heterocycles. The Morgan fingerprint density at radius 2 is 1.94 bits per heavy atom. The highest BCUT2D eigenvalue weighted by atomic mass is 32.2. The number of Topliss-reactive ketones (excluding diaryl/α,β-unsaturated/α-hetero) is 1. The number of carbonyl (C=O) groups excluding carboxylic acids is 2. The third-order valence-corrected chi connectivity index (χ3v) is 6.01. The summed E-state index contributed by atoms with van der Waals surface area (Å²) in [7, 11) is 1.30. The first-order valence-electron chi connectivity index (χ1n) is 10.5. The van der Waals surface area contributed by atoms with Crippen LogP contribution in [0.2, 0.25) is 0 Å². The van der Waals surface area contributed by atoms with E-state index in [1.807, 2.05) is 0 Å². The van der Waals surface area contributed by atoms with Crippen molar-refractivity contribution in [2.24, 2.45) is 0 Å². The number of ketones is 1. The molecule has 0 fully saturated rings. The first kappa shape index (κ1) is 23.3. The van der Waals surface area contributed by atoms with Gasteiger partial charge in [-0.15, -0.1) is 0 Å². The zero-order valence-corrected chi connectivity index (χ0v) is 19.5. The molecule has 0 amide bonds. The van der Waals surface area contributed by atoms with Crippen LogP contribution < -0.4 is 10.3 Å². The highest BCUT2D eigenvalue weighted by molar-refractivity contribution is 7.99. The van der Waals surface area contributed by atoms with Crippen molar-refractivity contribution >= 4 is 34.4 Å². The van der Waals surface area contributed by atoms with E-state index in [-0.39, 0.29) is 17.9 Å². The van der Waals surface area contributed by atoms with Crippen LogP contribution in [-0.2, 0) is 11.3 Å². The number of fused-ring (bicyclic) bond motifs is 1. The Hall–Kier alpha value is -3.85. The molecule has 0 saturated carbocycles. The molecule has 4 aromatic rings. The van der Waals surface area contributed by atoms with Crippen LogP contribution in [0.15, 0.2) is 75.2 Å². The highest BCUT2D eigenvalue weighted by Gasteiger charge is 2.16. The minimum Gasteiger partial charge on any atom is -0.492 e. The molecular weight excluding hydrogens is 456 g/mol. The number of carbonyl (C=O) groups is 2. The summed E-state index contributed by atoms with van der Waals surface area (Å²) in [6.07, 6.45) is 1.55. The van der Waals surface area contributed by atoms with Crippen LogP contribution in [0.5, 0.6) is 5.75 Å². The van der Waals surface area contributed by atoms with Gasteiger partial charge in [-0.2, -0.15) is 0 Å². The van der Waals surface area contributed by atoms with Gasteiger partial charge in [-0.1, -0.05) is 23.9 Å². The third kappa shape index (κ3) is 5.04. The Labute approximate surface area is 199 Å². The molecule has 2 aromatic heterocycles. The van der Waals surface area contributed by atoms with Gasteiger partial charge < -0.3 is 13.9 Å². The standard InChI is InChI=1S/C25H22N2O6S/c1-16(28)19-7-3-4-8-22(19)33-12-13-34-25-26-21-14-17(24(30)31-2)9-10-20(21)23(29)27(25)15-18-6-5-11-32-18/h3-11,14H,12-13,15H2,1-2H3. The Balaban J connectivity index is 1.61. The molecule has 174 valence electrons.